The Balaban J connectivity index is 0.923. The van der Waals surface area contributed by atoms with Crippen molar-refractivity contribution in [2.45, 2.75) is 37.5 Å². The average molecular weight is 832 g/mol. The second-order valence-corrected chi connectivity index (χ2v) is 18.3. The van der Waals surface area contributed by atoms with Gasteiger partial charge in [0.25, 0.3) is 0 Å². The molecule has 9 aromatic carbocycles. The van der Waals surface area contributed by atoms with Gasteiger partial charge < -0.3 is 4.90 Å². The smallest absolute Gasteiger partial charge is 0.0719 e. The molecule has 9 aromatic rings. The topological polar surface area (TPSA) is 3.24 Å². The Morgan fingerprint density at radius 3 is 1.38 bits per heavy atom. The van der Waals surface area contributed by atoms with E-state index >= 15 is 0 Å². The molecule has 3 aliphatic rings. The molecule has 1 spiro atoms. The lowest BCUT2D eigenvalue weighted by molar-refractivity contribution is 0.563. The van der Waals surface area contributed by atoms with Crippen LogP contribution >= 0.6 is 0 Å². The Labute approximate surface area is 383 Å². The number of hydrogen-bond donors (Lipinski definition) is 0. The molecule has 3 aliphatic carbocycles. The summed E-state index contributed by atoms with van der Waals surface area (Å²) in [6, 6.07) is 81.4. The van der Waals surface area contributed by atoms with Crippen molar-refractivity contribution in [2.75, 3.05) is 4.90 Å². The first-order chi connectivity index (χ1) is 32.0. The molecule has 0 amide bonds. The predicted octanol–water partition coefficient (Wildman–Crippen LogP) is 16.9. The summed E-state index contributed by atoms with van der Waals surface area (Å²) in [5.74, 6) is 0. The molecule has 310 valence electrons. The fourth-order valence-electron chi connectivity index (χ4n) is 11.2. The van der Waals surface area contributed by atoms with Crippen LogP contribution in [-0.2, 0) is 10.8 Å². The van der Waals surface area contributed by atoms with Gasteiger partial charge in [-0.3, -0.25) is 0 Å². The number of benzene rings is 9. The number of hydrogen-bond acceptors (Lipinski definition) is 1. The largest absolute Gasteiger partial charge is 0.311 e. The summed E-state index contributed by atoms with van der Waals surface area (Å²) in [6.45, 7) is 4.78. The van der Waals surface area contributed by atoms with E-state index in [1.54, 1.807) is 0 Å². The lowest BCUT2D eigenvalue weighted by Gasteiger charge is -2.46. The molecule has 1 heteroatoms. The van der Waals surface area contributed by atoms with E-state index < -0.39 is 5.41 Å². The van der Waals surface area contributed by atoms with E-state index in [4.69, 9.17) is 0 Å². The normalized spacial score (nSPS) is 14.8. The molecule has 0 aromatic heterocycles. The third-order valence-corrected chi connectivity index (χ3v) is 14.4. The zero-order valence-electron chi connectivity index (χ0n) is 36.9. The quantitative estimate of drug-likeness (QED) is 0.155. The SMILES string of the molecule is CC1(C)c2ccccc2C2(c3ccccc3-c3ccc(-c4cccc(-c5ccc(N(c6ccc(C7=CCCC=C7)cc6)c6ccc(-c7ccccc7)cc6)cc5)c4)cc32)c2ccccc21. The van der Waals surface area contributed by atoms with Crippen LogP contribution in [-0.4, -0.2) is 0 Å². The van der Waals surface area contributed by atoms with Gasteiger partial charge in [-0.15, -0.1) is 0 Å². The number of fused-ring (bicyclic) bond motifs is 9. The minimum Gasteiger partial charge on any atom is -0.311 e. The summed E-state index contributed by atoms with van der Waals surface area (Å²) in [5, 5.41) is 0. The molecular weight excluding hydrogens is 783 g/mol. The van der Waals surface area contributed by atoms with Crippen LogP contribution in [0.4, 0.5) is 17.1 Å². The lowest BCUT2D eigenvalue weighted by atomic mass is 9.55. The minimum atomic E-state index is -0.420. The zero-order valence-corrected chi connectivity index (χ0v) is 36.9. The number of rotatable bonds is 7. The first kappa shape index (κ1) is 38.9. The van der Waals surface area contributed by atoms with Crippen LogP contribution < -0.4 is 4.90 Å². The van der Waals surface area contributed by atoms with E-state index in [1.165, 1.54) is 89.0 Å². The standard InChI is InChI=1S/C64H49N/c1-63(2)58-24-11-13-26-60(58)64(61-27-14-12-25-59(61)63)57-23-10-9-22-55(57)56-41-34-51(43-62(56)64)50-21-15-20-49(42-50)48-32-39-54(40-33-48)65(52-35-28-46(29-36-52)44-16-5-3-6-17-44)53-37-30-47(31-38-53)45-18-7-4-8-19-45/h3,5-7,9-43H,4,8H2,1-2H3. The fourth-order valence-corrected chi connectivity index (χ4v) is 11.2. The van der Waals surface area contributed by atoms with E-state index in [0.29, 0.717) is 0 Å². The van der Waals surface area contributed by atoms with E-state index in [-0.39, 0.29) is 5.41 Å². The Hall–Kier alpha value is -7.74. The Bertz CT molecular complexity index is 3260. The van der Waals surface area contributed by atoms with E-state index in [0.717, 1.165) is 29.9 Å². The minimum absolute atomic E-state index is 0.128. The van der Waals surface area contributed by atoms with Gasteiger partial charge in [0, 0.05) is 22.5 Å². The van der Waals surface area contributed by atoms with Gasteiger partial charge in [-0.05, 0) is 150 Å². The van der Waals surface area contributed by atoms with Gasteiger partial charge >= 0.3 is 0 Å². The second kappa shape index (κ2) is 15.5. The molecule has 0 heterocycles. The highest BCUT2D eigenvalue weighted by Crippen LogP contribution is 2.62. The summed E-state index contributed by atoms with van der Waals surface area (Å²) in [4.78, 5) is 2.37. The van der Waals surface area contributed by atoms with Crippen LogP contribution in [0.3, 0.4) is 0 Å². The van der Waals surface area contributed by atoms with Crippen LogP contribution in [0.15, 0.2) is 237 Å². The highest BCUT2D eigenvalue weighted by atomic mass is 15.1. The van der Waals surface area contributed by atoms with Gasteiger partial charge in [-0.2, -0.15) is 0 Å². The summed E-state index contributed by atoms with van der Waals surface area (Å²) in [5.41, 5.74) is 23.5. The summed E-state index contributed by atoms with van der Waals surface area (Å²) < 4.78 is 0. The maximum Gasteiger partial charge on any atom is 0.0719 e. The van der Waals surface area contributed by atoms with Crippen molar-refractivity contribution in [2.24, 2.45) is 0 Å². The number of allylic oxidation sites excluding steroid dienone is 4. The molecule has 12 rings (SSSR count). The first-order valence-corrected chi connectivity index (χ1v) is 23.1. The molecule has 1 nitrogen and oxygen atoms in total. The molecule has 0 aliphatic heterocycles. The van der Waals surface area contributed by atoms with Gasteiger partial charge in [0.05, 0.1) is 5.41 Å². The third kappa shape index (κ3) is 6.29. The molecule has 0 bridgehead atoms. The Morgan fingerprint density at radius 1 is 0.338 bits per heavy atom. The molecule has 0 N–H and O–H groups in total. The third-order valence-electron chi connectivity index (χ3n) is 14.4. The summed E-state index contributed by atoms with van der Waals surface area (Å²) >= 11 is 0. The van der Waals surface area contributed by atoms with Crippen LogP contribution in [0.25, 0.3) is 50.1 Å². The maximum absolute atomic E-state index is 2.50. The van der Waals surface area contributed by atoms with Crippen LogP contribution in [0.2, 0.25) is 0 Å². The molecule has 0 saturated heterocycles. The van der Waals surface area contributed by atoms with Crippen molar-refractivity contribution in [3.8, 4) is 44.5 Å². The molecule has 0 atom stereocenters. The Morgan fingerprint density at radius 2 is 0.785 bits per heavy atom. The van der Waals surface area contributed by atoms with Crippen molar-refractivity contribution in [3.63, 3.8) is 0 Å². The van der Waals surface area contributed by atoms with Crippen molar-refractivity contribution in [1.29, 1.82) is 0 Å². The highest BCUT2D eigenvalue weighted by Gasteiger charge is 2.53. The average Bonchev–Trinajstić information content (AvgIpc) is 3.67. The monoisotopic (exact) mass is 831 g/mol. The van der Waals surface area contributed by atoms with E-state index in [9.17, 15) is 0 Å². The molecule has 0 radical (unpaired) electrons. The van der Waals surface area contributed by atoms with Crippen LogP contribution in [0.5, 0.6) is 0 Å². The van der Waals surface area contributed by atoms with Crippen LogP contribution in [0, 0.1) is 0 Å². The molecular formula is C64H49N. The van der Waals surface area contributed by atoms with Gasteiger partial charge in [0.1, 0.15) is 0 Å². The van der Waals surface area contributed by atoms with Gasteiger partial charge in [0.15, 0.2) is 0 Å². The Kier molecular flexibility index (Phi) is 9.28. The van der Waals surface area contributed by atoms with E-state index in [2.05, 4.69) is 255 Å². The van der Waals surface area contributed by atoms with Crippen LogP contribution in [0.1, 0.15) is 65.6 Å². The molecule has 0 fully saturated rings. The lowest BCUT2D eigenvalue weighted by Crippen LogP contribution is -2.40. The highest BCUT2D eigenvalue weighted by molar-refractivity contribution is 5.91. The zero-order chi connectivity index (χ0) is 43.5. The molecule has 0 saturated carbocycles. The van der Waals surface area contributed by atoms with Crippen molar-refractivity contribution in [1.82, 2.24) is 0 Å². The fraction of sp³-hybridized carbons (Fsp3) is 0.0938. The number of nitrogens with zero attached hydrogens (tertiary/aromatic N) is 1. The number of anilines is 3. The summed E-state index contributed by atoms with van der Waals surface area (Å²) in [6.07, 6.45) is 9.08. The maximum atomic E-state index is 2.50. The van der Waals surface area contributed by atoms with Crippen molar-refractivity contribution >= 4 is 22.6 Å². The van der Waals surface area contributed by atoms with E-state index in [1.807, 2.05) is 0 Å². The molecule has 65 heavy (non-hydrogen) atoms. The van der Waals surface area contributed by atoms with Crippen molar-refractivity contribution in [3.05, 3.63) is 276 Å². The first-order valence-electron chi connectivity index (χ1n) is 23.1. The van der Waals surface area contributed by atoms with Gasteiger partial charge in [0.2, 0.25) is 0 Å². The second-order valence-electron chi connectivity index (χ2n) is 18.3. The van der Waals surface area contributed by atoms with Crippen molar-refractivity contribution < 1.29 is 0 Å². The summed E-state index contributed by atoms with van der Waals surface area (Å²) in [7, 11) is 0. The van der Waals surface area contributed by atoms with Gasteiger partial charge in [-0.25, -0.2) is 0 Å². The predicted molar refractivity (Wildman–Crippen MR) is 273 cm³/mol. The van der Waals surface area contributed by atoms with Gasteiger partial charge in [-0.1, -0.05) is 202 Å². The molecule has 0 unspecified atom stereocenters.